The van der Waals surface area contributed by atoms with Crippen LogP contribution in [-0.4, -0.2) is 79.4 Å². The van der Waals surface area contributed by atoms with E-state index in [4.69, 9.17) is 35.3 Å². The highest BCUT2D eigenvalue weighted by Crippen LogP contribution is 2.45. The highest BCUT2D eigenvalue weighted by Gasteiger charge is 2.63. The predicted octanol–water partition coefficient (Wildman–Crippen LogP) is 5.39. The summed E-state index contributed by atoms with van der Waals surface area (Å²) in [6, 6.07) is 12.9. The summed E-state index contributed by atoms with van der Waals surface area (Å²) < 4.78 is 30.8. The van der Waals surface area contributed by atoms with E-state index in [1.807, 2.05) is 24.3 Å². The van der Waals surface area contributed by atoms with Crippen molar-refractivity contribution < 1.29 is 39.0 Å². The predicted molar refractivity (Wildman–Crippen MR) is 163 cm³/mol. The van der Waals surface area contributed by atoms with Crippen LogP contribution in [0.25, 0.3) is 0 Å². The number of aliphatic hydroxyl groups is 3. The number of aliphatic hydroxyl groups excluding tert-OH is 2. The number of hydrogen-bond acceptors (Lipinski definition) is 8. The highest BCUT2D eigenvalue weighted by molar-refractivity contribution is 6.31. The van der Waals surface area contributed by atoms with E-state index in [2.05, 4.69) is 20.8 Å². The third-order valence-electron chi connectivity index (χ3n) is 7.81. The minimum atomic E-state index is -2.08. The lowest BCUT2D eigenvalue weighted by Crippen LogP contribution is -2.72. The molecule has 4 atom stereocenters. The molecule has 2 aromatic rings. The van der Waals surface area contributed by atoms with Crippen molar-refractivity contribution in [2.45, 2.75) is 95.4 Å². The lowest BCUT2D eigenvalue weighted by molar-refractivity contribution is -0.408. The number of rotatable bonds is 18. The van der Waals surface area contributed by atoms with Crippen molar-refractivity contribution in [3.63, 3.8) is 0 Å². The van der Waals surface area contributed by atoms with E-state index in [1.165, 1.54) is 0 Å². The van der Waals surface area contributed by atoms with Gasteiger partial charge in [-0.15, -0.1) is 0 Å². The quantitative estimate of drug-likeness (QED) is 0.193. The summed E-state index contributed by atoms with van der Waals surface area (Å²) in [5.41, 5.74) is 0.512. The maximum atomic E-state index is 12.5. The van der Waals surface area contributed by atoms with Gasteiger partial charge >= 0.3 is 0 Å². The molecule has 0 radical (unpaired) electrons. The van der Waals surface area contributed by atoms with Crippen molar-refractivity contribution in [3.05, 3.63) is 64.2 Å². The molecule has 1 heterocycles. The molecule has 9 heteroatoms. The van der Waals surface area contributed by atoms with Gasteiger partial charge < -0.3 is 39.0 Å². The minimum absolute atomic E-state index is 0.361. The standard InChI is InChI=1S/C33H49ClO8/c1-5-8-17-39-29-30(40-18-9-6-2)32(22-35,23-36)42-33(37,31(29)41-19-10-7-3)26-13-16-28(34)25(21-26)20-24-11-14-27(38-4)15-12-24/h11-16,21,29-31,35-37H,5-10,17-20,22-23H2,1-4H3/t29-,30-,31?,33?/m0/s1. The molecule has 0 aliphatic carbocycles. The third kappa shape index (κ3) is 8.24. The SMILES string of the molecule is CCCCOC1[C@@H](OCCCC)[C@H](OCCCC)C(CO)(CO)OC1(O)c1ccc(Cl)c(Cc2ccc(OC)cc2)c1. The number of ether oxygens (including phenoxy) is 5. The van der Waals surface area contributed by atoms with Gasteiger partial charge in [-0.3, -0.25) is 0 Å². The van der Waals surface area contributed by atoms with Crippen molar-refractivity contribution in [1.82, 2.24) is 0 Å². The maximum Gasteiger partial charge on any atom is 0.223 e. The first-order chi connectivity index (χ1) is 20.3. The monoisotopic (exact) mass is 608 g/mol. The molecule has 8 nitrogen and oxygen atoms in total. The molecule has 1 aliphatic heterocycles. The van der Waals surface area contributed by atoms with Crippen LogP contribution < -0.4 is 4.74 Å². The molecule has 1 fully saturated rings. The van der Waals surface area contributed by atoms with Crippen molar-refractivity contribution in [2.75, 3.05) is 40.1 Å². The van der Waals surface area contributed by atoms with Gasteiger partial charge in [0.25, 0.3) is 0 Å². The number of unbranched alkanes of at least 4 members (excludes halogenated alkanes) is 3. The van der Waals surface area contributed by atoms with Crippen molar-refractivity contribution in [3.8, 4) is 5.75 Å². The molecule has 0 saturated carbocycles. The van der Waals surface area contributed by atoms with Gasteiger partial charge in [-0.05, 0) is 61.1 Å². The van der Waals surface area contributed by atoms with E-state index in [-0.39, 0.29) is 0 Å². The maximum absolute atomic E-state index is 12.5. The van der Waals surface area contributed by atoms with Crippen LogP contribution in [0.3, 0.4) is 0 Å². The fraction of sp³-hybridized carbons (Fsp3) is 0.636. The first kappa shape index (κ1) is 34.7. The normalized spacial score (nSPS) is 23.7. The molecule has 0 spiro atoms. The summed E-state index contributed by atoms with van der Waals surface area (Å²) in [5, 5.41) is 34.4. The van der Waals surface area contributed by atoms with Crippen molar-refractivity contribution in [1.29, 1.82) is 0 Å². The van der Waals surface area contributed by atoms with Gasteiger partial charge in [0.2, 0.25) is 5.79 Å². The number of benzene rings is 2. The Labute approximate surface area is 255 Å². The minimum Gasteiger partial charge on any atom is -0.497 e. The molecule has 0 amide bonds. The molecule has 236 valence electrons. The average Bonchev–Trinajstić information content (AvgIpc) is 3.00. The first-order valence-corrected chi connectivity index (χ1v) is 15.6. The Hall–Kier alpha value is -1.75. The zero-order valence-corrected chi connectivity index (χ0v) is 26.3. The van der Waals surface area contributed by atoms with Crippen LogP contribution in [0.4, 0.5) is 0 Å². The Bertz CT molecular complexity index is 1060. The Morgan fingerprint density at radius 3 is 1.93 bits per heavy atom. The highest BCUT2D eigenvalue weighted by atomic mass is 35.5. The van der Waals surface area contributed by atoms with Crippen LogP contribution in [-0.2, 0) is 31.2 Å². The Morgan fingerprint density at radius 2 is 1.38 bits per heavy atom. The van der Waals surface area contributed by atoms with Gasteiger partial charge in [0, 0.05) is 30.4 Å². The third-order valence-corrected chi connectivity index (χ3v) is 8.18. The second-order valence-electron chi connectivity index (χ2n) is 11.0. The van der Waals surface area contributed by atoms with Gasteiger partial charge in [-0.25, -0.2) is 0 Å². The van der Waals surface area contributed by atoms with Crippen molar-refractivity contribution >= 4 is 11.6 Å². The molecule has 2 unspecified atom stereocenters. The van der Waals surface area contributed by atoms with E-state index in [9.17, 15) is 15.3 Å². The van der Waals surface area contributed by atoms with E-state index >= 15 is 0 Å². The lowest BCUT2D eigenvalue weighted by Gasteiger charge is -2.55. The molecule has 0 aromatic heterocycles. The van der Waals surface area contributed by atoms with Crippen LogP contribution in [0.1, 0.15) is 76.0 Å². The van der Waals surface area contributed by atoms with Gasteiger partial charge in [0.15, 0.2) is 0 Å². The first-order valence-electron chi connectivity index (χ1n) is 15.2. The van der Waals surface area contributed by atoms with Gasteiger partial charge in [0.05, 0.1) is 20.3 Å². The molecule has 3 rings (SSSR count). The second-order valence-corrected chi connectivity index (χ2v) is 11.4. The Balaban J connectivity index is 2.10. The fourth-order valence-electron chi connectivity index (χ4n) is 5.22. The van der Waals surface area contributed by atoms with Crippen LogP contribution >= 0.6 is 11.6 Å². The molecule has 42 heavy (non-hydrogen) atoms. The van der Waals surface area contributed by atoms with Crippen LogP contribution in [0.2, 0.25) is 5.02 Å². The second kappa shape index (κ2) is 16.9. The Morgan fingerprint density at radius 1 is 0.810 bits per heavy atom. The number of hydrogen-bond donors (Lipinski definition) is 3. The lowest BCUT2D eigenvalue weighted by atomic mass is 9.80. The Kier molecular flexibility index (Phi) is 14.0. The summed E-state index contributed by atoms with van der Waals surface area (Å²) in [7, 11) is 1.62. The molecule has 0 bridgehead atoms. The van der Waals surface area contributed by atoms with E-state index in [0.717, 1.165) is 55.4 Å². The van der Waals surface area contributed by atoms with E-state index in [0.29, 0.717) is 36.8 Å². The molecule has 3 N–H and O–H groups in total. The smallest absolute Gasteiger partial charge is 0.223 e. The summed E-state index contributed by atoms with van der Waals surface area (Å²) in [6.07, 6.45) is 2.83. The zero-order chi connectivity index (χ0) is 30.6. The van der Waals surface area contributed by atoms with Gasteiger partial charge in [-0.1, -0.05) is 69.8 Å². The fourth-order valence-corrected chi connectivity index (χ4v) is 5.41. The molecule has 2 aromatic carbocycles. The van der Waals surface area contributed by atoms with E-state index < -0.39 is 42.9 Å². The number of methoxy groups -OCH3 is 1. The molecular weight excluding hydrogens is 560 g/mol. The number of halogens is 1. The largest absolute Gasteiger partial charge is 0.497 e. The van der Waals surface area contributed by atoms with Crippen molar-refractivity contribution in [2.24, 2.45) is 0 Å². The summed E-state index contributed by atoms with van der Waals surface area (Å²) >= 11 is 6.64. The van der Waals surface area contributed by atoms with Crippen LogP contribution in [0.5, 0.6) is 5.75 Å². The van der Waals surface area contributed by atoms with Gasteiger partial charge in [-0.2, -0.15) is 0 Å². The average molecular weight is 609 g/mol. The van der Waals surface area contributed by atoms with Gasteiger partial charge in [0.1, 0.15) is 29.7 Å². The molecule has 1 saturated heterocycles. The summed E-state index contributed by atoms with van der Waals surface area (Å²) in [4.78, 5) is 0. The topological polar surface area (TPSA) is 107 Å². The zero-order valence-electron chi connectivity index (χ0n) is 25.5. The van der Waals surface area contributed by atoms with E-state index in [1.54, 1.807) is 25.3 Å². The summed E-state index contributed by atoms with van der Waals surface area (Å²) in [6.45, 7) is 6.14. The van der Waals surface area contributed by atoms with Crippen LogP contribution in [0, 0.1) is 0 Å². The summed E-state index contributed by atoms with van der Waals surface area (Å²) in [5.74, 6) is -1.33. The van der Waals surface area contributed by atoms with Crippen LogP contribution in [0.15, 0.2) is 42.5 Å². The molecule has 1 aliphatic rings. The molecular formula is C33H49ClO8.